The molecule has 8 heteroatoms. The van der Waals surface area contributed by atoms with Gasteiger partial charge in [0.1, 0.15) is 11.5 Å². The van der Waals surface area contributed by atoms with Gasteiger partial charge in [-0.15, -0.1) is 8.78 Å². The molecule has 1 fully saturated rings. The van der Waals surface area contributed by atoms with Gasteiger partial charge in [0.15, 0.2) is 11.5 Å². The van der Waals surface area contributed by atoms with Crippen LogP contribution >= 0.6 is 0 Å². The highest BCUT2D eigenvalue weighted by atomic mass is 19.3. The third-order valence-corrected chi connectivity index (χ3v) is 6.64. The van der Waals surface area contributed by atoms with E-state index in [9.17, 15) is 23.5 Å². The Kier molecular flexibility index (Phi) is 5.27. The number of rotatable bonds is 7. The summed E-state index contributed by atoms with van der Waals surface area (Å²) < 4.78 is 41.3. The molecule has 3 aromatic rings. The van der Waals surface area contributed by atoms with Gasteiger partial charge in [-0.25, -0.2) is 4.79 Å². The van der Waals surface area contributed by atoms with E-state index in [-0.39, 0.29) is 30.7 Å². The molecule has 1 aliphatic heterocycles. The minimum absolute atomic E-state index is 0. The number of benzene rings is 3. The number of hydrogen-bond acceptors (Lipinski definition) is 5. The molecule has 1 heterocycles. The number of ketones is 1. The molecule has 0 spiro atoms. The van der Waals surface area contributed by atoms with Crippen LogP contribution in [0.5, 0.6) is 17.2 Å². The van der Waals surface area contributed by atoms with Crippen molar-refractivity contribution in [1.82, 2.24) is 0 Å². The molecule has 1 saturated carbocycles. The van der Waals surface area contributed by atoms with Gasteiger partial charge >= 0.3 is 12.3 Å². The first-order chi connectivity index (χ1) is 16.6. The van der Waals surface area contributed by atoms with Crippen molar-refractivity contribution in [2.24, 2.45) is 0 Å². The van der Waals surface area contributed by atoms with E-state index in [0.717, 1.165) is 22.3 Å². The zero-order valence-electron chi connectivity index (χ0n) is 19.1. The van der Waals surface area contributed by atoms with Gasteiger partial charge in [0, 0.05) is 13.4 Å². The number of fused-ring (bicyclic) bond motifs is 1. The Morgan fingerprint density at radius 3 is 2.43 bits per heavy atom. The van der Waals surface area contributed by atoms with E-state index >= 15 is 0 Å². The van der Waals surface area contributed by atoms with Crippen molar-refractivity contribution < 1.29 is 39.1 Å². The van der Waals surface area contributed by atoms with Crippen LogP contribution in [0.1, 0.15) is 41.3 Å². The molecule has 1 aliphatic carbocycles. The Hall–Kier alpha value is -3.94. The van der Waals surface area contributed by atoms with Gasteiger partial charge in [-0.05, 0) is 72.4 Å². The molecule has 5 rings (SSSR count). The molecule has 0 bridgehead atoms. The Balaban J connectivity index is 0.00000304. The second-order valence-electron chi connectivity index (χ2n) is 8.88. The quantitative estimate of drug-likeness (QED) is 0.460. The van der Waals surface area contributed by atoms with Crippen LogP contribution in [0.2, 0.25) is 0 Å². The van der Waals surface area contributed by atoms with Gasteiger partial charge < -0.3 is 19.3 Å². The largest absolute Gasteiger partial charge is 0.586 e. The molecule has 182 valence electrons. The van der Waals surface area contributed by atoms with E-state index in [4.69, 9.17) is 4.74 Å². The van der Waals surface area contributed by atoms with Gasteiger partial charge in [-0.1, -0.05) is 24.3 Å². The molecule has 6 nitrogen and oxygen atoms in total. The van der Waals surface area contributed by atoms with Crippen molar-refractivity contribution in [2.45, 2.75) is 37.9 Å². The zero-order valence-corrected chi connectivity index (χ0v) is 19.1. The van der Waals surface area contributed by atoms with Crippen LogP contribution < -0.4 is 14.2 Å². The number of halogens is 2. The van der Waals surface area contributed by atoms with Crippen molar-refractivity contribution in [3.63, 3.8) is 0 Å². The molecular weight excluding hydrogens is 458 g/mol. The van der Waals surface area contributed by atoms with E-state index in [2.05, 4.69) is 9.47 Å². The maximum atomic E-state index is 13.4. The average molecular weight is 482 g/mol. The molecule has 1 N–H and O–H groups in total. The van der Waals surface area contributed by atoms with Crippen LogP contribution in [-0.2, 0) is 16.6 Å². The fourth-order valence-corrected chi connectivity index (χ4v) is 4.57. The first kappa shape index (κ1) is 22.8. The van der Waals surface area contributed by atoms with Crippen molar-refractivity contribution >= 4 is 11.8 Å². The maximum absolute atomic E-state index is 13.4. The van der Waals surface area contributed by atoms with E-state index in [0.29, 0.717) is 24.2 Å². The lowest BCUT2D eigenvalue weighted by Crippen LogP contribution is -2.26. The number of aryl methyl sites for hydroxylation is 1. The standard InChI is InChI=1S/C27H22F2O6.H2/c1-15-3-4-16(11-20(15)19-7-5-17(25(31)32)13-22(19)33-2)12-24(30)26(9-10-26)18-6-8-21-23(14-18)35-27(28,29)34-21;/h3-8,11,13-14H,9-10,12H2,1-2H3,(H,31,32);1H. The van der Waals surface area contributed by atoms with Crippen LogP contribution in [-0.4, -0.2) is 30.3 Å². The lowest BCUT2D eigenvalue weighted by molar-refractivity contribution is -0.286. The first-order valence-corrected chi connectivity index (χ1v) is 11.1. The van der Waals surface area contributed by atoms with Gasteiger partial charge in [-0.3, -0.25) is 4.79 Å². The fraction of sp³-hybridized carbons (Fsp3) is 0.259. The topological polar surface area (TPSA) is 82.1 Å². The lowest BCUT2D eigenvalue weighted by atomic mass is 9.86. The van der Waals surface area contributed by atoms with Crippen molar-refractivity contribution in [2.75, 3.05) is 7.11 Å². The Labute approximate surface area is 201 Å². The SMILES string of the molecule is COc1cc(C(=O)O)ccc1-c1cc(CC(=O)C2(c3ccc4c(c3)OC(F)(F)O4)CC2)ccc1C.[HH]. The minimum Gasteiger partial charge on any atom is -0.496 e. The lowest BCUT2D eigenvalue weighted by Gasteiger charge is -2.17. The maximum Gasteiger partial charge on any atom is 0.586 e. The average Bonchev–Trinajstić information content (AvgIpc) is 3.57. The van der Waals surface area contributed by atoms with Gasteiger partial charge in [-0.2, -0.15) is 0 Å². The normalized spacial score (nSPS) is 16.6. The zero-order chi connectivity index (χ0) is 25.0. The number of methoxy groups -OCH3 is 1. The number of hydrogen-bond donors (Lipinski definition) is 1. The first-order valence-electron chi connectivity index (χ1n) is 11.1. The summed E-state index contributed by atoms with van der Waals surface area (Å²) in [5.74, 6) is -0.750. The number of carboxylic acids is 1. The molecule has 3 aromatic carbocycles. The summed E-state index contributed by atoms with van der Waals surface area (Å²) in [6.07, 6.45) is -2.28. The highest BCUT2D eigenvalue weighted by Crippen LogP contribution is 2.52. The predicted octanol–water partition coefficient (Wildman–Crippen LogP) is 5.78. The van der Waals surface area contributed by atoms with Gasteiger partial charge in [0.05, 0.1) is 18.1 Å². The molecule has 0 atom stereocenters. The molecule has 0 aromatic heterocycles. The number of aromatic carboxylic acids is 1. The van der Waals surface area contributed by atoms with Crippen LogP contribution in [0, 0.1) is 6.92 Å². The van der Waals surface area contributed by atoms with Gasteiger partial charge in [0.2, 0.25) is 0 Å². The summed E-state index contributed by atoms with van der Waals surface area (Å²) >= 11 is 0. The number of ether oxygens (including phenoxy) is 3. The Bertz CT molecular complexity index is 1370. The summed E-state index contributed by atoms with van der Waals surface area (Å²) in [5, 5.41) is 9.27. The minimum atomic E-state index is -3.70. The number of carbonyl (C=O) groups excluding carboxylic acids is 1. The summed E-state index contributed by atoms with van der Waals surface area (Å²) in [5.41, 5.74) is 3.31. The number of carbonyl (C=O) groups is 2. The summed E-state index contributed by atoms with van der Waals surface area (Å²) in [6.45, 7) is 1.93. The van der Waals surface area contributed by atoms with Crippen LogP contribution in [0.4, 0.5) is 8.78 Å². The van der Waals surface area contributed by atoms with Gasteiger partial charge in [0.25, 0.3) is 0 Å². The van der Waals surface area contributed by atoms with E-state index in [1.807, 2.05) is 25.1 Å². The molecule has 0 unspecified atom stereocenters. The number of alkyl halides is 2. The van der Waals surface area contributed by atoms with Crippen LogP contribution in [0.15, 0.2) is 54.6 Å². The summed E-state index contributed by atoms with van der Waals surface area (Å²) in [4.78, 5) is 24.7. The second kappa shape index (κ2) is 8.08. The number of carboxylic acid groups (broad SMARTS) is 1. The third-order valence-electron chi connectivity index (χ3n) is 6.64. The van der Waals surface area contributed by atoms with Crippen molar-refractivity contribution in [1.29, 1.82) is 0 Å². The second-order valence-corrected chi connectivity index (χ2v) is 8.88. The van der Waals surface area contributed by atoms with E-state index < -0.39 is 17.7 Å². The highest BCUT2D eigenvalue weighted by Gasteiger charge is 2.52. The van der Waals surface area contributed by atoms with Crippen molar-refractivity contribution in [3.8, 4) is 28.4 Å². The van der Waals surface area contributed by atoms with E-state index in [1.165, 1.54) is 31.4 Å². The Morgan fingerprint density at radius 2 is 1.74 bits per heavy atom. The molecular formula is C27H24F2O6. The Morgan fingerprint density at radius 1 is 1.00 bits per heavy atom. The predicted molar refractivity (Wildman–Crippen MR) is 125 cm³/mol. The molecule has 0 radical (unpaired) electrons. The molecule has 35 heavy (non-hydrogen) atoms. The summed E-state index contributed by atoms with van der Waals surface area (Å²) in [6, 6.07) is 14.9. The smallest absolute Gasteiger partial charge is 0.496 e. The molecule has 0 amide bonds. The third kappa shape index (κ3) is 4.09. The number of Topliss-reactive ketones (excluding diaryl/α,β-unsaturated/α-hetero) is 1. The van der Waals surface area contributed by atoms with Crippen LogP contribution in [0.25, 0.3) is 11.1 Å². The fourth-order valence-electron chi connectivity index (χ4n) is 4.57. The van der Waals surface area contributed by atoms with Crippen LogP contribution in [0.3, 0.4) is 0 Å². The monoisotopic (exact) mass is 482 g/mol. The van der Waals surface area contributed by atoms with Crippen molar-refractivity contribution in [3.05, 3.63) is 76.9 Å². The highest BCUT2D eigenvalue weighted by molar-refractivity contribution is 5.95. The summed E-state index contributed by atoms with van der Waals surface area (Å²) in [7, 11) is 1.48. The molecule has 0 saturated heterocycles. The molecule has 2 aliphatic rings. The van der Waals surface area contributed by atoms with E-state index in [1.54, 1.807) is 12.1 Å².